The number of terminal acetylenes is 1. The van der Waals surface area contributed by atoms with Crippen molar-refractivity contribution in [3.05, 3.63) is 35.5 Å². The molecule has 1 heterocycles. The maximum atomic E-state index is 6.17. The topological polar surface area (TPSA) is 17.0 Å². The number of benzene rings is 1. The van der Waals surface area contributed by atoms with Gasteiger partial charge >= 0.3 is 0 Å². The van der Waals surface area contributed by atoms with Gasteiger partial charge in [-0.15, -0.1) is 6.42 Å². The fourth-order valence-corrected chi connectivity index (χ4v) is 2.05. The van der Waals surface area contributed by atoms with Crippen LogP contribution in [0.2, 0.25) is 5.02 Å². The highest BCUT2D eigenvalue weighted by atomic mass is 35.5. The van der Waals surface area contributed by atoms with Gasteiger partial charge in [-0.1, -0.05) is 29.7 Å². The van der Waals surface area contributed by atoms with Gasteiger partial charge in [0.05, 0.1) is 17.1 Å². The molecule has 1 aromatic heterocycles. The van der Waals surface area contributed by atoms with E-state index in [2.05, 4.69) is 27.9 Å². The SMILES string of the molecule is C#CCNCCn1ccc2cccc(Cl)c21. The van der Waals surface area contributed by atoms with Crippen LogP contribution in [-0.4, -0.2) is 17.7 Å². The quantitative estimate of drug-likeness (QED) is 0.633. The van der Waals surface area contributed by atoms with E-state index in [1.807, 2.05) is 18.3 Å². The Morgan fingerprint density at radius 3 is 3.06 bits per heavy atom. The Morgan fingerprint density at radius 1 is 1.38 bits per heavy atom. The number of hydrogen-bond acceptors (Lipinski definition) is 1. The number of nitrogens with zero attached hydrogens (tertiary/aromatic N) is 1. The normalized spacial score (nSPS) is 10.5. The van der Waals surface area contributed by atoms with Crippen LogP contribution in [0.1, 0.15) is 0 Å². The number of nitrogens with one attached hydrogen (secondary N) is 1. The van der Waals surface area contributed by atoms with Crippen molar-refractivity contribution in [3.63, 3.8) is 0 Å². The van der Waals surface area contributed by atoms with Crippen molar-refractivity contribution in [3.8, 4) is 12.3 Å². The summed E-state index contributed by atoms with van der Waals surface area (Å²) in [5, 5.41) is 5.12. The molecule has 1 N–H and O–H groups in total. The van der Waals surface area contributed by atoms with Crippen LogP contribution in [0.3, 0.4) is 0 Å². The molecular formula is C13H13ClN2. The van der Waals surface area contributed by atoms with Gasteiger partial charge in [0.25, 0.3) is 0 Å². The van der Waals surface area contributed by atoms with Crippen molar-refractivity contribution in [2.45, 2.75) is 6.54 Å². The minimum atomic E-state index is 0.604. The molecule has 3 heteroatoms. The van der Waals surface area contributed by atoms with E-state index in [1.165, 1.54) is 5.39 Å². The molecule has 0 spiro atoms. The third kappa shape index (κ3) is 2.21. The van der Waals surface area contributed by atoms with Crippen LogP contribution in [0.4, 0.5) is 0 Å². The van der Waals surface area contributed by atoms with Crippen LogP contribution < -0.4 is 5.32 Å². The first kappa shape index (κ1) is 11.1. The summed E-state index contributed by atoms with van der Waals surface area (Å²) in [4.78, 5) is 0. The van der Waals surface area contributed by atoms with Crippen LogP contribution in [0.15, 0.2) is 30.5 Å². The van der Waals surface area contributed by atoms with E-state index in [4.69, 9.17) is 18.0 Å². The summed E-state index contributed by atoms with van der Waals surface area (Å²) in [5.74, 6) is 2.55. The first-order chi connectivity index (χ1) is 7.83. The molecule has 0 amide bonds. The van der Waals surface area contributed by atoms with Gasteiger partial charge in [-0.05, 0) is 12.1 Å². The maximum Gasteiger partial charge on any atom is 0.0670 e. The van der Waals surface area contributed by atoms with Gasteiger partial charge in [0.1, 0.15) is 0 Å². The molecule has 0 unspecified atom stereocenters. The number of halogens is 1. The first-order valence-electron chi connectivity index (χ1n) is 5.20. The zero-order valence-electron chi connectivity index (χ0n) is 8.91. The number of hydrogen-bond donors (Lipinski definition) is 1. The molecule has 0 aliphatic rings. The second-order valence-electron chi connectivity index (χ2n) is 3.57. The fraction of sp³-hybridized carbons (Fsp3) is 0.231. The van der Waals surface area contributed by atoms with Gasteiger partial charge in [-0.3, -0.25) is 0 Å². The Bertz CT molecular complexity index is 522. The Hall–Kier alpha value is -1.43. The second-order valence-corrected chi connectivity index (χ2v) is 3.97. The van der Waals surface area contributed by atoms with E-state index in [0.29, 0.717) is 6.54 Å². The van der Waals surface area contributed by atoms with Gasteiger partial charge in [-0.2, -0.15) is 0 Å². The van der Waals surface area contributed by atoms with Gasteiger partial charge in [0.2, 0.25) is 0 Å². The van der Waals surface area contributed by atoms with E-state index in [-0.39, 0.29) is 0 Å². The molecule has 82 valence electrons. The molecule has 0 saturated carbocycles. The lowest BCUT2D eigenvalue weighted by molar-refractivity contribution is 0.644. The molecule has 0 aliphatic carbocycles. The van der Waals surface area contributed by atoms with E-state index in [9.17, 15) is 0 Å². The molecule has 0 radical (unpaired) electrons. The standard InChI is InChI=1S/C13H13ClN2/c1-2-7-15-8-10-16-9-6-11-4-3-5-12(14)13(11)16/h1,3-6,9,15H,7-8,10H2. The highest BCUT2D eigenvalue weighted by Crippen LogP contribution is 2.23. The van der Waals surface area contributed by atoms with Crippen molar-refractivity contribution in [1.29, 1.82) is 0 Å². The second kappa shape index (κ2) is 5.07. The summed E-state index contributed by atoms with van der Waals surface area (Å²) in [6.45, 7) is 2.32. The molecule has 0 bridgehead atoms. The predicted molar refractivity (Wildman–Crippen MR) is 68.7 cm³/mol. The molecule has 2 rings (SSSR count). The van der Waals surface area contributed by atoms with Crippen LogP contribution >= 0.6 is 11.6 Å². The summed E-state index contributed by atoms with van der Waals surface area (Å²) in [5.41, 5.74) is 1.09. The average Bonchev–Trinajstić information content (AvgIpc) is 2.69. The summed E-state index contributed by atoms with van der Waals surface area (Å²) in [6.07, 6.45) is 7.21. The van der Waals surface area contributed by atoms with Crippen LogP contribution in [0.25, 0.3) is 10.9 Å². The number of rotatable bonds is 4. The number of para-hydroxylation sites is 1. The maximum absolute atomic E-state index is 6.17. The molecule has 0 saturated heterocycles. The van der Waals surface area contributed by atoms with Crippen LogP contribution in [0.5, 0.6) is 0 Å². The predicted octanol–water partition coefficient (Wildman–Crippen LogP) is 2.52. The van der Waals surface area contributed by atoms with Gasteiger partial charge < -0.3 is 9.88 Å². The molecular weight excluding hydrogens is 220 g/mol. The van der Waals surface area contributed by atoms with Crippen LogP contribution in [-0.2, 0) is 6.54 Å². The molecule has 0 fully saturated rings. The van der Waals surface area contributed by atoms with Crippen molar-refractivity contribution < 1.29 is 0 Å². The van der Waals surface area contributed by atoms with Crippen molar-refractivity contribution in [2.75, 3.05) is 13.1 Å². The third-order valence-electron chi connectivity index (χ3n) is 2.50. The minimum Gasteiger partial charge on any atom is -0.345 e. The Morgan fingerprint density at radius 2 is 2.25 bits per heavy atom. The first-order valence-corrected chi connectivity index (χ1v) is 5.58. The smallest absolute Gasteiger partial charge is 0.0670 e. The molecule has 1 aromatic carbocycles. The molecule has 2 nitrogen and oxygen atoms in total. The Labute approximate surface area is 100 Å². The van der Waals surface area contributed by atoms with E-state index < -0.39 is 0 Å². The van der Waals surface area contributed by atoms with Gasteiger partial charge in [0, 0.05) is 24.7 Å². The highest BCUT2D eigenvalue weighted by molar-refractivity contribution is 6.35. The zero-order valence-corrected chi connectivity index (χ0v) is 9.67. The molecule has 0 aliphatic heterocycles. The molecule has 16 heavy (non-hydrogen) atoms. The zero-order chi connectivity index (χ0) is 11.4. The fourth-order valence-electron chi connectivity index (χ4n) is 1.76. The average molecular weight is 233 g/mol. The lowest BCUT2D eigenvalue weighted by atomic mass is 10.2. The van der Waals surface area contributed by atoms with E-state index in [0.717, 1.165) is 23.6 Å². The Balaban J connectivity index is 2.16. The molecule has 0 atom stereocenters. The lowest BCUT2D eigenvalue weighted by Gasteiger charge is -2.06. The Kier molecular flexibility index (Phi) is 3.51. The van der Waals surface area contributed by atoms with Crippen molar-refractivity contribution in [2.24, 2.45) is 0 Å². The minimum absolute atomic E-state index is 0.604. The van der Waals surface area contributed by atoms with Gasteiger partial charge in [0.15, 0.2) is 0 Å². The summed E-state index contributed by atoms with van der Waals surface area (Å²) in [6, 6.07) is 8.01. The third-order valence-corrected chi connectivity index (χ3v) is 2.80. The summed E-state index contributed by atoms with van der Waals surface area (Å²) in [7, 11) is 0. The van der Waals surface area contributed by atoms with Crippen LogP contribution in [0, 0.1) is 12.3 Å². The number of fused-ring (bicyclic) bond motifs is 1. The molecule has 2 aromatic rings. The van der Waals surface area contributed by atoms with Crippen molar-refractivity contribution >= 4 is 22.5 Å². The summed E-state index contributed by atoms with van der Waals surface area (Å²) < 4.78 is 2.14. The highest BCUT2D eigenvalue weighted by Gasteiger charge is 2.03. The number of aromatic nitrogens is 1. The van der Waals surface area contributed by atoms with E-state index >= 15 is 0 Å². The lowest BCUT2D eigenvalue weighted by Crippen LogP contribution is -2.19. The van der Waals surface area contributed by atoms with E-state index in [1.54, 1.807) is 0 Å². The largest absolute Gasteiger partial charge is 0.345 e. The van der Waals surface area contributed by atoms with Gasteiger partial charge in [-0.25, -0.2) is 0 Å². The monoisotopic (exact) mass is 232 g/mol. The summed E-state index contributed by atoms with van der Waals surface area (Å²) >= 11 is 6.17. The van der Waals surface area contributed by atoms with Crippen molar-refractivity contribution in [1.82, 2.24) is 9.88 Å².